The number of hydrogen-bond acceptors (Lipinski definition) is 3. The minimum absolute atomic E-state index is 0.0706. The lowest BCUT2D eigenvalue weighted by atomic mass is 9.91. The molecular formula is C20H24N2O2. The van der Waals surface area contributed by atoms with Gasteiger partial charge in [0.05, 0.1) is 0 Å². The highest BCUT2D eigenvalue weighted by atomic mass is 16.5. The molecular weight excluding hydrogens is 300 g/mol. The SMILES string of the molecule is O=C(c1noc2c1CCCC2)N1CC(CCCc2ccccc2)C1. The van der Waals surface area contributed by atoms with Gasteiger partial charge in [-0.05, 0) is 50.0 Å². The van der Waals surface area contributed by atoms with Gasteiger partial charge in [0.1, 0.15) is 5.76 Å². The maximum Gasteiger partial charge on any atom is 0.276 e. The summed E-state index contributed by atoms with van der Waals surface area (Å²) in [6.07, 6.45) is 7.65. The van der Waals surface area contributed by atoms with Crippen LogP contribution < -0.4 is 0 Å². The molecule has 1 aromatic heterocycles. The second-order valence-electron chi connectivity index (χ2n) is 7.09. The van der Waals surface area contributed by atoms with Crippen LogP contribution in [0.4, 0.5) is 0 Å². The normalized spacial score (nSPS) is 17.4. The van der Waals surface area contributed by atoms with Crippen molar-refractivity contribution in [3.63, 3.8) is 0 Å². The summed E-state index contributed by atoms with van der Waals surface area (Å²) >= 11 is 0. The molecule has 4 heteroatoms. The Morgan fingerprint density at radius 3 is 2.79 bits per heavy atom. The Balaban J connectivity index is 1.25. The number of rotatable bonds is 5. The van der Waals surface area contributed by atoms with E-state index < -0.39 is 0 Å². The zero-order chi connectivity index (χ0) is 16.4. The third kappa shape index (κ3) is 3.10. The molecule has 1 fully saturated rings. The Kier molecular flexibility index (Phi) is 4.37. The van der Waals surface area contributed by atoms with Gasteiger partial charge >= 0.3 is 0 Å². The van der Waals surface area contributed by atoms with E-state index in [0.29, 0.717) is 11.6 Å². The molecule has 0 atom stereocenters. The number of nitrogens with zero attached hydrogens (tertiary/aromatic N) is 2. The molecule has 2 heterocycles. The summed E-state index contributed by atoms with van der Waals surface area (Å²) in [4.78, 5) is 14.5. The first-order valence-corrected chi connectivity index (χ1v) is 9.12. The standard InChI is InChI=1S/C20H24N2O2/c23-20(19-17-11-4-5-12-18(17)24-21-19)22-13-16(14-22)10-6-9-15-7-2-1-3-8-15/h1-3,7-8,16H,4-6,9-14H2. The number of likely N-dealkylation sites (tertiary alicyclic amines) is 1. The van der Waals surface area contributed by atoms with Crippen molar-refractivity contribution in [1.29, 1.82) is 0 Å². The maximum absolute atomic E-state index is 12.6. The number of hydrogen-bond donors (Lipinski definition) is 0. The van der Waals surface area contributed by atoms with E-state index in [2.05, 4.69) is 35.5 Å². The van der Waals surface area contributed by atoms with Crippen molar-refractivity contribution >= 4 is 5.91 Å². The first-order valence-electron chi connectivity index (χ1n) is 9.12. The van der Waals surface area contributed by atoms with Crippen LogP contribution >= 0.6 is 0 Å². The fourth-order valence-corrected chi connectivity index (χ4v) is 3.86. The minimum atomic E-state index is 0.0706. The Hall–Kier alpha value is -2.10. The smallest absolute Gasteiger partial charge is 0.276 e. The molecule has 0 spiro atoms. The van der Waals surface area contributed by atoms with E-state index in [1.54, 1.807) is 0 Å². The number of carbonyl (C=O) groups excluding carboxylic acids is 1. The molecule has 1 aliphatic carbocycles. The van der Waals surface area contributed by atoms with Crippen molar-refractivity contribution < 1.29 is 9.32 Å². The quantitative estimate of drug-likeness (QED) is 0.843. The van der Waals surface area contributed by atoms with Crippen LogP contribution in [0.5, 0.6) is 0 Å². The van der Waals surface area contributed by atoms with Gasteiger partial charge in [0, 0.05) is 25.1 Å². The van der Waals surface area contributed by atoms with Gasteiger partial charge < -0.3 is 9.42 Å². The summed E-state index contributed by atoms with van der Waals surface area (Å²) in [6, 6.07) is 10.6. The molecule has 1 aliphatic heterocycles. The molecule has 0 radical (unpaired) electrons. The monoisotopic (exact) mass is 324 g/mol. The first-order chi connectivity index (χ1) is 11.8. The van der Waals surface area contributed by atoms with Gasteiger partial charge in [0.25, 0.3) is 5.91 Å². The lowest BCUT2D eigenvalue weighted by Gasteiger charge is -2.39. The van der Waals surface area contributed by atoms with Crippen molar-refractivity contribution in [2.45, 2.75) is 44.9 Å². The third-order valence-corrected chi connectivity index (χ3v) is 5.32. The van der Waals surface area contributed by atoms with Crippen molar-refractivity contribution in [3.8, 4) is 0 Å². The Bertz CT molecular complexity index is 702. The largest absolute Gasteiger partial charge is 0.360 e. The van der Waals surface area contributed by atoms with E-state index in [4.69, 9.17) is 4.52 Å². The number of amides is 1. The molecule has 0 saturated carbocycles. The molecule has 1 amide bonds. The third-order valence-electron chi connectivity index (χ3n) is 5.32. The van der Waals surface area contributed by atoms with Gasteiger partial charge in [-0.1, -0.05) is 35.5 Å². The topological polar surface area (TPSA) is 46.3 Å². The average molecular weight is 324 g/mol. The van der Waals surface area contributed by atoms with Crippen molar-refractivity contribution in [3.05, 3.63) is 52.9 Å². The summed E-state index contributed by atoms with van der Waals surface area (Å²) in [5.74, 6) is 1.64. The summed E-state index contributed by atoms with van der Waals surface area (Å²) < 4.78 is 5.37. The lowest BCUT2D eigenvalue weighted by Crippen LogP contribution is -2.50. The molecule has 24 heavy (non-hydrogen) atoms. The molecule has 4 nitrogen and oxygen atoms in total. The Labute approximate surface area is 142 Å². The average Bonchev–Trinajstić information content (AvgIpc) is 3.01. The van der Waals surface area contributed by atoms with Crippen LogP contribution in [-0.2, 0) is 19.3 Å². The van der Waals surface area contributed by atoms with Crippen LogP contribution in [0, 0.1) is 5.92 Å². The predicted octanol–water partition coefficient (Wildman–Crippen LogP) is 3.65. The van der Waals surface area contributed by atoms with E-state index >= 15 is 0 Å². The molecule has 1 saturated heterocycles. The first kappa shape index (κ1) is 15.4. The highest BCUT2D eigenvalue weighted by molar-refractivity contribution is 5.94. The van der Waals surface area contributed by atoms with E-state index in [9.17, 15) is 4.79 Å². The van der Waals surface area contributed by atoms with Crippen LogP contribution in [0.15, 0.2) is 34.9 Å². The molecule has 4 rings (SSSR count). The van der Waals surface area contributed by atoms with Gasteiger partial charge in [-0.3, -0.25) is 4.79 Å². The van der Waals surface area contributed by atoms with Gasteiger partial charge in [-0.25, -0.2) is 0 Å². The Morgan fingerprint density at radius 1 is 1.17 bits per heavy atom. The summed E-state index contributed by atoms with van der Waals surface area (Å²) in [7, 11) is 0. The molecule has 0 N–H and O–H groups in total. The fourth-order valence-electron chi connectivity index (χ4n) is 3.86. The summed E-state index contributed by atoms with van der Waals surface area (Å²) in [6.45, 7) is 1.74. The zero-order valence-corrected chi connectivity index (χ0v) is 14.0. The van der Waals surface area contributed by atoms with Crippen LogP contribution in [0.2, 0.25) is 0 Å². The predicted molar refractivity (Wildman–Crippen MR) is 91.9 cm³/mol. The summed E-state index contributed by atoms with van der Waals surface area (Å²) in [5, 5.41) is 4.06. The highest BCUT2D eigenvalue weighted by Gasteiger charge is 2.34. The van der Waals surface area contributed by atoms with E-state index in [1.165, 1.54) is 18.4 Å². The molecule has 126 valence electrons. The fraction of sp³-hybridized carbons (Fsp3) is 0.500. The highest BCUT2D eigenvalue weighted by Crippen LogP contribution is 2.28. The van der Waals surface area contributed by atoms with Crippen molar-refractivity contribution in [2.75, 3.05) is 13.1 Å². The lowest BCUT2D eigenvalue weighted by molar-refractivity contribution is 0.0470. The molecule has 2 aliphatic rings. The van der Waals surface area contributed by atoms with E-state index in [1.807, 2.05) is 4.90 Å². The number of aryl methyl sites for hydroxylation is 2. The summed E-state index contributed by atoms with van der Waals surface area (Å²) in [5.41, 5.74) is 3.05. The van der Waals surface area contributed by atoms with Gasteiger partial charge in [0.2, 0.25) is 0 Å². The molecule has 0 unspecified atom stereocenters. The molecule has 1 aromatic carbocycles. The second-order valence-corrected chi connectivity index (χ2v) is 7.09. The van der Waals surface area contributed by atoms with Crippen LogP contribution in [0.1, 0.15) is 53.1 Å². The van der Waals surface area contributed by atoms with E-state index in [-0.39, 0.29) is 5.91 Å². The maximum atomic E-state index is 12.6. The van der Waals surface area contributed by atoms with Gasteiger partial charge in [-0.2, -0.15) is 0 Å². The van der Waals surface area contributed by atoms with Crippen LogP contribution in [0.25, 0.3) is 0 Å². The zero-order valence-electron chi connectivity index (χ0n) is 14.0. The van der Waals surface area contributed by atoms with Crippen molar-refractivity contribution in [1.82, 2.24) is 10.1 Å². The Morgan fingerprint density at radius 2 is 1.96 bits per heavy atom. The molecule has 2 aromatic rings. The number of benzene rings is 1. The number of carbonyl (C=O) groups is 1. The van der Waals surface area contributed by atoms with Gasteiger partial charge in [0.15, 0.2) is 5.69 Å². The van der Waals surface area contributed by atoms with Gasteiger partial charge in [-0.15, -0.1) is 0 Å². The minimum Gasteiger partial charge on any atom is -0.360 e. The second kappa shape index (κ2) is 6.80. The van der Waals surface area contributed by atoms with Crippen molar-refractivity contribution in [2.24, 2.45) is 5.92 Å². The van der Waals surface area contributed by atoms with Crippen LogP contribution in [-0.4, -0.2) is 29.1 Å². The molecule has 0 bridgehead atoms. The van der Waals surface area contributed by atoms with E-state index in [0.717, 1.165) is 56.5 Å². The number of fused-ring (bicyclic) bond motifs is 1. The number of aromatic nitrogens is 1. The van der Waals surface area contributed by atoms with Crippen LogP contribution in [0.3, 0.4) is 0 Å².